The van der Waals surface area contributed by atoms with Gasteiger partial charge in [-0.3, -0.25) is 0 Å². The predicted molar refractivity (Wildman–Crippen MR) is 95.6 cm³/mol. The number of rotatable bonds is 7. The molecule has 134 valence electrons. The van der Waals surface area contributed by atoms with Crippen molar-refractivity contribution in [3.8, 4) is 11.8 Å². The van der Waals surface area contributed by atoms with Crippen LogP contribution in [-0.2, 0) is 0 Å². The Morgan fingerprint density at radius 3 is 2.60 bits per heavy atom. The van der Waals surface area contributed by atoms with Crippen molar-refractivity contribution in [2.45, 2.75) is 18.9 Å². The van der Waals surface area contributed by atoms with Gasteiger partial charge in [-0.15, -0.1) is 0 Å². The molecule has 0 aliphatic carbocycles. The zero-order valence-corrected chi connectivity index (χ0v) is 14.7. The monoisotopic (exact) mass is 345 g/mol. The van der Waals surface area contributed by atoms with E-state index in [4.69, 9.17) is 9.47 Å². The van der Waals surface area contributed by atoms with Crippen molar-refractivity contribution < 1.29 is 9.47 Å². The van der Waals surface area contributed by atoms with Gasteiger partial charge >= 0.3 is 0 Å². The second-order valence-electron chi connectivity index (χ2n) is 5.66. The van der Waals surface area contributed by atoms with Crippen molar-refractivity contribution in [1.82, 2.24) is 19.9 Å². The molecule has 0 bridgehead atoms. The average molecular weight is 345 g/mol. The molecular weight excluding hydrogens is 322 g/mol. The summed E-state index contributed by atoms with van der Waals surface area (Å²) in [5.41, 5.74) is 0. The predicted octanol–water partition coefficient (Wildman–Crippen LogP) is 1.41. The molecular formula is C16H23N7O2. The molecule has 0 spiro atoms. The van der Waals surface area contributed by atoms with Gasteiger partial charge in [0.2, 0.25) is 17.7 Å². The highest BCUT2D eigenvalue weighted by Gasteiger charge is 2.26. The first-order valence-corrected chi connectivity index (χ1v) is 8.21. The summed E-state index contributed by atoms with van der Waals surface area (Å²) in [7, 11) is 4.99. The van der Waals surface area contributed by atoms with Crippen LogP contribution in [0.1, 0.15) is 12.8 Å². The van der Waals surface area contributed by atoms with Gasteiger partial charge in [0, 0.05) is 32.2 Å². The van der Waals surface area contributed by atoms with Gasteiger partial charge in [-0.25, -0.2) is 9.97 Å². The van der Waals surface area contributed by atoms with Crippen LogP contribution in [0.3, 0.4) is 0 Å². The third-order valence-electron chi connectivity index (χ3n) is 4.17. The fourth-order valence-electron chi connectivity index (χ4n) is 2.89. The lowest BCUT2D eigenvalue weighted by Gasteiger charge is -2.26. The third kappa shape index (κ3) is 3.98. The van der Waals surface area contributed by atoms with E-state index in [9.17, 15) is 0 Å². The van der Waals surface area contributed by atoms with Gasteiger partial charge < -0.3 is 25.0 Å². The number of aromatic nitrogens is 4. The van der Waals surface area contributed by atoms with E-state index < -0.39 is 0 Å². The number of nitrogens with zero attached hydrogens (tertiary/aromatic N) is 5. The Kier molecular flexibility index (Phi) is 5.32. The quantitative estimate of drug-likeness (QED) is 0.771. The molecule has 1 unspecified atom stereocenters. The first-order chi connectivity index (χ1) is 12.2. The summed E-state index contributed by atoms with van der Waals surface area (Å²) in [4.78, 5) is 19.5. The SMILES string of the molecule is CNc1cc(N2CCCC2CNc2nc(OC)cc(OC)n2)ncn1. The molecule has 2 N–H and O–H groups in total. The van der Waals surface area contributed by atoms with E-state index >= 15 is 0 Å². The highest BCUT2D eigenvalue weighted by Crippen LogP contribution is 2.25. The van der Waals surface area contributed by atoms with Gasteiger partial charge in [0.05, 0.1) is 20.3 Å². The van der Waals surface area contributed by atoms with Gasteiger partial charge in [-0.1, -0.05) is 0 Å². The minimum absolute atomic E-state index is 0.306. The number of ether oxygens (including phenoxy) is 2. The van der Waals surface area contributed by atoms with Gasteiger partial charge in [0.25, 0.3) is 0 Å². The van der Waals surface area contributed by atoms with Crippen molar-refractivity contribution in [3.05, 3.63) is 18.5 Å². The molecule has 1 aliphatic heterocycles. The molecule has 2 aromatic heterocycles. The first-order valence-electron chi connectivity index (χ1n) is 8.21. The fourth-order valence-corrected chi connectivity index (χ4v) is 2.89. The van der Waals surface area contributed by atoms with Crippen molar-refractivity contribution in [2.75, 3.05) is 49.9 Å². The Morgan fingerprint density at radius 2 is 1.92 bits per heavy atom. The van der Waals surface area contributed by atoms with Crippen molar-refractivity contribution >= 4 is 17.6 Å². The molecule has 1 aliphatic rings. The summed E-state index contributed by atoms with van der Waals surface area (Å²) >= 11 is 0. The molecule has 9 heteroatoms. The number of hydrogen-bond donors (Lipinski definition) is 2. The number of hydrogen-bond acceptors (Lipinski definition) is 9. The summed E-state index contributed by atoms with van der Waals surface area (Å²) in [6, 6.07) is 3.91. The van der Waals surface area contributed by atoms with E-state index in [1.54, 1.807) is 26.6 Å². The summed E-state index contributed by atoms with van der Waals surface area (Å²) < 4.78 is 10.4. The van der Waals surface area contributed by atoms with Crippen LogP contribution in [0.25, 0.3) is 0 Å². The summed E-state index contributed by atoms with van der Waals surface area (Å²) in [5.74, 6) is 3.15. The number of methoxy groups -OCH3 is 2. The fraction of sp³-hybridized carbons (Fsp3) is 0.500. The minimum Gasteiger partial charge on any atom is -0.481 e. The molecule has 1 saturated heterocycles. The van der Waals surface area contributed by atoms with Crippen molar-refractivity contribution in [3.63, 3.8) is 0 Å². The van der Waals surface area contributed by atoms with E-state index in [1.165, 1.54) is 0 Å². The highest BCUT2D eigenvalue weighted by atomic mass is 16.5. The topological polar surface area (TPSA) is 97.3 Å². The molecule has 1 atom stereocenters. The van der Waals surface area contributed by atoms with Crippen LogP contribution in [0, 0.1) is 0 Å². The van der Waals surface area contributed by atoms with Crippen molar-refractivity contribution in [2.24, 2.45) is 0 Å². The van der Waals surface area contributed by atoms with Crippen LogP contribution in [0.4, 0.5) is 17.6 Å². The maximum atomic E-state index is 5.18. The minimum atomic E-state index is 0.306. The molecule has 0 aromatic carbocycles. The summed E-state index contributed by atoms with van der Waals surface area (Å²) in [5, 5.41) is 6.33. The van der Waals surface area contributed by atoms with E-state index in [0.29, 0.717) is 30.3 Å². The normalized spacial score (nSPS) is 16.6. The number of nitrogens with one attached hydrogen (secondary N) is 2. The van der Waals surface area contributed by atoms with Crippen LogP contribution >= 0.6 is 0 Å². The lowest BCUT2D eigenvalue weighted by Crippen LogP contribution is -2.35. The second kappa shape index (κ2) is 7.82. The molecule has 3 rings (SSSR count). The van der Waals surface area contributed by atoms with Gasteiger partial charge in [-0.2, -0.15) is 9.97 Å². The smallest absolute Gasteiger partial charge is 0.229 e. The Bertz CT molecular complexity index is 690. The number of anilines is 3. The van der Waals surface area contributed by atoms with E-state index in [-0.39, 0.29) is 0 Å². The van der Waals surface area contributed by atoms with Crippen LogP contribution in [0.15, 0.2) is 18.5 Å². The maximum Gasteiger partial charge on any atom is 0.229 e. The first kappa shape index (κ1) is 17.0. The zero-order valence-electron chi connectivity index (χ0n) is 14.7. The molecule has 0 amide bonds. The highest BCUT2D eigenvalue weighted by molar-refractivity contribution is 5.50. The van der Waals surface area contributed by atoms with Gasteiger partial charge in [0.15, 0.2) is 0 Å². The van der Waals surface area contributed by atoms with E-state index in [1.807, 2.05) is 13.1 Å². The molecule has 2 aromatic rings. The molecule has 9 nitrogen and oxygen atoms in total. The van der Waals surface area contributed by atoms with Gasteiger partial charge in [0.1, 0.15) is 18.0 Å². The third-order valence-corrected chi connectivity index (χ3v) is 4.17. The maximum absolute atomic E-state index is 5.18. The molecule has 3 heterocycles. The molecule has 0 saturated carbocycles. The zero-order chi connectivity index (χ0) is 17.6. The molecule has 25 heavy (non-hydrogen) atoms. The second-order valence-corrected chi connectivity index (χ2v) is 5.66. The standard InChI is InChI=1S/C16H23N7O2/c1-17-12-7-13(20-10-19-12)23-6-4-5-11(23)9-18-16-21-14(24-2)8-15(22-16)25-3/h7-8,10-11H,4-6,9H2,1-3H3,(H,17,19,20)(H,18,21,22). The lowest BCUT2D eigenvalue weighted by atomic mass is 10.2. The summed E-state index contributed by atoms with van der Waals surface area (Å²) in [6.45, 7) is 1.67. The Balaban J connectivity index is 1.69. The van der Waals surface area contributed by atoms with Crippen LogP contribution < -0.4 is 25.0 Å². The van der Waals surface area contributed by atoms with Crippen molar-refractivity contribution in [1.29, 1.82) is 0 Å². The Morgan fingerprint density at radius 1 is 1.16 bits per heavy atom. The average Bonchev–Trinajstić information content (AvgIpc) is 3.14. The van der Waals surface area contributed by atoms with E-state index in [0.717, 1.165) is 31.0 Å². The summed E-state index contributed by atoms with van der Waals surface area (Å²) in [6.07, 6.45) is 3.78. The lowest BCUT2D eigenvalue weighted by molar-refractivity contribution is 0.372. The van der Waals surface area contributed by atoms with Crippen LogP contribution in [0.2, 0.25) is 0 Å². The largest absolute Gasteiger partial charge is 0.481 e. The van der Waals surface area contributed by atoms with E-state index in [2.05, 4.69) is 35.5 Å². The molecule has 1 fully saturated rings. The Labute approximate surface area is 146 Å². The van der Waals surface area contributed by atoms with Crippen LogP contribution in [0.5, 0.6) is 11.8 Å². The molecule has 0 radical (unpaired) electrons. The van der Waals surface area contributed by atoms with Gasteiger partial charge in [-0.05, 0) is 12.8 Å². The van der Waals surface area contributed by atoms with Crippen LogP contribution in [-0.4, -0.2) is 60.3 Å². The Hall–Kier alpha value is -2.84.